The van der Waals surface area contributed by atoms with Gasteiger partial charge in [-0.05, 0) is 24.8 Å². The van der Waals surface area contributed by atoms with Crippen molar-refractivity contribution < 1.29 is 9.53 Å². The molecule has 0 aliphatic heterocycles. The van der Waals surface area contributed by atoms with Crippen LogP contribution in [0.5, 0.6) is 0 Å². The molecule has 1 aromatic heterocycles. The van der Waals surface area contributed by atoms with Crippen molar-refractivity contribution in [3.8, 4) is 0 Å². The minimum Gasteiger partial charge on any atom is -0.371 e. The first kappa shape index (κ1) is 11.4. The van der Waals surface area contributed by atoms with Gasteiger partial charge in [-0.3, -0.25) is 4.79 Å². The van der Waals surface area contributed by atoms with Crippen molar-refractivity contribution in [2.45, 2.75) is 32.8 Å². The van der Waals surface area contributed by atoms with Crippen LogP contribution in [0.25, 0.3) is 0 Å². The predicted molar refractivity (Wildman–Crippen MR) is 58.7 cm³/mol. The molecule has 0 radical (unpaired) electrons. The van der Waals surface area contributed by atoms with E-state index in [1.165, 1.54) is 0 Å². The van der Waals surface area contributed by atoms with Crippen LogP contribution < -0.4 is 0 Å². The molecular weight excluding hydrogens is 196 g/mol. The molecule has 2 nitrogen and oxygen atoms in total. The normalized spacial score (nSPS) is 12.7. The lowest BCUT2D eigenvalue weighted by Gasteiger charge is -2.12. The van der Waals surface area contributed by atoms with Crippen molar-refractivity contribution in [3.05, 3.63) is 22.4 Å². The van der Waals surface area contributed by atoms with Crippen LogP contribution in [0.1, 0.15) is 25.1 Å². The van der Waals surface area contributed by atoms with E-state index < -0.39 is 0 Å². The minimum absolute atomic E-state index is 0.191. The molecule has 0 fully saturated rings. The molecule has 78 valence electrons. The van der Waals surface area contributed by atoms with E-state index in [9.17, 15) is 4.79 Å². The van der Waals surface area contributed by atoms with Gasteiger partial charge < -0.3 is 4.74 Å². The predicted octanol–water partition coefficient (Wildman–Crippen LogP) is 2.67. The fourth-order valence-electron chi connectivity index (χ4n) is 1.34. The van der Waals surface area contributed by atoms with Gasteiger partial charge in [-0.25, -0.2) is 0 Å². The zero-order chi connectivity index (χ0) is 10.4. The Hall–Kier alpha value is -0.670. The lowest BCUT2D eigenvalue weighted by molar-refractivity contribution is -0.129. The van der Waals surface area contributed by atoms with E-state index >= 15 is 0 Å². The Labute approximate surface area is 88.9 Å². The molecule has 3 heteroatoms. The number of rotatable bonds is 6. The highest BCUT2D eigenvalue weighted by atomic mass is 32.1. The average molecular weight is 212 g/mol. The molecule has 0 aromatic carbocycles. The number of Topliss-reactive ketones (excluding diaryl/α,β-unsaturated/α-hetero) is 1. The summed E-state index contributed by atoms with van der Waals surface area (Å²) in [4.78, 5) is 12.8. The number of ether oxygens (including phenoxy) is 1. The third kappa shape index (κ3) is 3.24. The number of hydrogen-bond donors (Lipinski definition) is 0. The van der Waals surface area contributed by atoms with Gasteiger partial charge in [-0.2, -0.15) is 0 Å². The van der Waals surface area contributed by atoms with E-state index in [1.54, 1.807) is 11.3 Å². The van der Waals surface area contributed by atoms with Gasteiger partial charge in [0.05, 0.1) is 0 Å². The average Bonchev–Trinajstić information content (AvgIpc) is 2.66. The van der Waals surface area contributed by atoms with E-state index in [0.29, 0.717) is 13.0 Å². The van der Waals surface area contributed by atoms with Crippen molar-refractivity contribution in [2.24, 2.45) is 0 Å². The Morgan fingerprint density at radius 1 is 1.57 bits per heavy atom. The molecule has 14 heavy (non-hydrogen) atoms. The summed E-state index contributed by atoms with van der Waals surface area (Å²) < 4.78 is 5.36. The van der Waals surface area contributed by atoms with Gasteiger partial charge in [-0.1, -0.05) is 13.0 Å². The number of carbonyl (C=O) groups excluding carboxylic acids is 1. The smallest absolute Gasteiger partial charge is 0.166 e. The minimum atomic E-state index is -0.220. The van der Waals surface area contributed by atoms with Crippen molar-refractivity contribution >= 4 is 17.1 Å². The maximum atomic E-state index is 11.7. The molecule has 1 rings (SSSR count). The maximum absolute atomic E-state index is 11.7. The maximum Gasteiger partial charge on any atom is 0.166 e. The first-order valence-electron chi connectivity index (χ1n) is 4.94. The van der Waals surface area contributed by atoms with E-state index in [1.807, 2.05) is 31.4 Å². The van der Waals surface area contributed by atoms with Crippen LogP contribution in [0.4, 0.5) is 0 Å². The molecule has 0 saturated heterocycles. The van der Waals surface area contributed by atoms with Crippen LogP contribution in [0.15, 0.2) is 17.5 Å². The third-order valence-electron chi connectivity index (χ3n) is 2.03. The highest BCUT2D eigenvalue weighted by Crippen LogP contribution is 2.12. The van der Waals surface area contributed by atoms with E-state index in [-0.39, 0.29) is 11.9 Å². The molecule has 1 heterocycles. The molecule has 0 bridgehead atoms. The number of ketones is 1. The lowest BCUT2D eigenvalue weighted by Crippen LogP contribution is -2.24. The van der Waals surface area contributed by atoms with Crippen molar-refractivity contribution in [3.63, 3.8) is 0 Å². The summed E-state index contributed by atoms with van der Waals surface area (Å²) in [6.07, 6.45) is 1.05. The summed E-state index contributed by atoms with van der Waals surface area (Å²) in [5.41, 5.74) is 0. The van der Waals surface area contributed by atoms with Gasteiger partial charge in [-0.15, -0.1) is 11.3 Å². The van der Waals surface area contributed by atoms with Gasteiger partial charge in [0.2, 0.25) is 0 Å². The molecule has 1 aromatic rings. The molecule has 0 N–H and O–H groups in total. The molecule has 0 saturated carbocycles. The highest BCUT2D eigenvalue weighted by molar-refractivity contribution is 7.10. The van der Waals surface area contributed by atoms with E-state index in [4.69, 9.17) is 4.74 Å². The summed E-state index contributed by atoms with van der Waals surface area (Å²) in [6.45, 7) is 4.50. The SMILES string of the molecule is CCOC(CC)C(=O)Cc1cccs1. The third-order valence-corrected chi connectivity index (χ3v) is 2.90. The van der Waals surface area contributed by atoms with Crippen LogP contribution in [-0.2, 0) is 16.0 Å². The quantitative estimate of drug-likeness (QED) is 0.724. The van der Waals surface area contributed by atoms with Gasteiger partial charge in [0.15, 0.2) is 5.78 Å². The van der Waals surface area contributed by atoms with Crippen LogP contribution in [0.2, 0.25) is 0 Å². The van der Waals surface area contributed by atoms with Crippen LogP contribution in [0.3, 0.4) is 0 Å². The largest absolute Gasteiger partial charge is 0.371 e. The first-order valence-corrected chi connectivity index (χ1v) is 5.82. The van der Waals surface area contributed by atoms with Crippen LogP contribution in [-0.4, -0.2) is 18.5 Å². The summed E-state index contributed by atoms with van der Waals surface area (Å²) >= 11 is 1.62. The van der Waals surface area contributed by atoms with Crippen molar-refractivity contribution in [1.29, 1.82) is 0 Å². The Morgan fingerprint density at radius 3 is 2.86 bits per heavy atom. The second-order valence-corrected chi connectivity index (χ2v) is 4.11. The molecule has 0 aliphatic rings. The summed E-state index contributed by atoms with van der Waals surface area (Å²) in [6, 6.07) is 3.95. The lowest BCUT2D eigenvalue weighted by atomic mass is 10.1. The number of hydrogen-bond acceptors (Lipinski definition) is 3. The summed E-state index contributed by atoms with van der Waals surface area (Å²) in [7, 11) is 0. The van der Waals surface area contributed by atoms with Crippen LogP contribution in [0, 0.1) is 0 Å². The fourth-order valence-corrected chi connectivity index (χ4v) is 2.05. The summed E-state index contributed by atoms with van der Waals surface area (Å²) in [5.74, 6) is 0.191. The Kier molecular flexibility index (Phi) is 4.84. The summed E-state index contributed by atoms with van der Waals surface area (Å²) in [5, 5.41) is 1.99. The molecule has 1 atom stereocenters. The Balaban J connectivity index is 2.47. The first-order chi connectivity index (χ1) is 6.77. The zero-order valence-corrected chi connectivity index (χ0v) is 9.47. The van der Waals surface area contributed by atoms with E-state index in [0.717, 1.165) is 11.3 Å². The van der Waals surface area contributed by atoms with E-state index in [2.05, 4.69) is 0 Å². The topological polar surface area (TPSA) is 26.3 Å². The monoisotopic (exact) mass is 212 g/mol. The van der Waals surface area contributed by atoms with Gasteiger partial charge in [0.25, 0.3) is 0 Å². The zero-order valence-electron chi connectivity index (χ0n) is 8.66. The number of thiophene rings is 1. The Bertz CT molecular complexity index is 267. The van der Waals surface area contributed by atoms with Gasteiger partial charge in [0, 0.05) is 17.9 Å². The standard InChI is InChI=1S/C11H16O2S/c1-3-11(13-4-2)10(12)8-9-6-5-7-14-9/h5-7,11H,3-4,8H2,1-2H3. The molecule has 1 unspecified atom stereocenters. The molecule has 0 aliphatic carbocycles. The molecule has 0 spiro atoms. The fraction of sp³-hybridized carbons (Fsp3) is 0.545. The van der Waals surface area contributed by atoms with Crippen molar-refractivity contribution in [2.75, 3.05) is 6.61 Å². The highest BCUT2D eigenvalue weighted by Gasteiger charge is 2.16. The van der Waals surface area contributed by atoms with Gasteiger partial charge in [0.1, 0.15) is 6.10 Å². The molecule has 0 amide bonds. The molecular formula is C11H16O2S. The second-order valence-electron chi connectivity index (χ2n) is 3.07. The van der Waals surface area contributed by atoms with Crippen molar-refractivity contribution in [1.82, 2.24) is 0 Å². The van der Waals surface area contributed by atoms with Crippen LogP contribution >= 0.6 is 11.3 Å². The second kappa shape index (κ2) is 5.94. The Morgan fingerprint density at radius 2 is 2.36 bits per heavy atom. The van der Waals surface area contributed by atoms with Gasteiger partial charge >= 0.3 is 0 Å². The number of carbonyl (C=O) groups is 1.